The number of nitrogens with zero attached hydrogens (tertiary/aromatic N) is 2. The molecule has 1 N–H and O–H groups in total. The molecule has 0 fully saturated rings. The zero-order valence-corrected chi connectivity index (χ0v) is 13.2. The Hall–Kier alpha value is -1.50. The molecule has 0 aliphatic heterocycles. The van der Waals surface area contributed by atoms with Crippen LogP contribution in [0.5, 0.6) is 0 Å². The molecule has 7 heteroatoms. The number of aliphatic carboxylic acids is 1. The lowest BCUT2D eigenvalue weighted by Crippen LogP contribution is -2.03. The van der Waals surface area contributed by atoms with Crippen LogP contribution in [0.2, 0.25) is 5.02 Å². The van der Waals surface area contributed by atoms with Gasteiger partial charge in [0.05, 0.1) is 22.8 Å². The average molecular weight is 339 g/mol. The van der Waals surface area contributed by atoms with Crippen LogP contribution in [-0.2, 0) is 11.3 Å². The third-order valence-electron chi connectivity index (χ3n) is 2.94. The van der Waals surface area contributed by atoms with Crippen LogP contribution in [0.25, 0.3) is 11.0 Å². The monoisotopic (exact) mass is 338 g/mol. The molecule has 0 spiro atoms. The molecule has 0 saturated heterocycles. The summed E-state index contributed by atoms with van der Waals surface area (Å²) in [6.45, 7) is 0.655. The van der Waals surface area contributed by atoms with Crippen molar-refractivity contribution in [2.75, 3.05) is 5.75 Å². The second-order valence-electron chi connectivity index (χ2n) is 4.40. The smallest absolute Gasteiger partial charge is 0.313 e. The summed E-state index contributed by atoms with van der Waals surface area (Å²) in [5, 5.41) is 14.2. The maximum Gasteiger partial charge on any atom is 0.313 e. The van der Waals surface area contributed by atoms with Crippen molar-refractivity contribution in [2.45, 2.75) is 11.7 Å². The van der Waals surface area contributed by atoms with Gasteiger partial charge in [0.1, 0.15) is 5.52 Å². The molecule has 3 rings (SSSR count). The lowest BCUT2D eigenvalue weighted by Gasteiger charge is -2.07. The van der Waals surface area contributed by atoms with Crippen LogP contribution in [0.15, 0.2) is 40.2 Å². The highest BCUT2D eigenvalue weighted by Gasteiger charge is 2.15. The second kappa shape index (κ2) is 6.09. The highest BCUT2D eigenvalue weighted by molar-refractivity contribution is 7.99. The lowest BCUT2D eigenvalue weighted by molar-refractivity contribution is -0.133. The molecular formula is C14H11ClN2O2S2. The molecule has 0 aliphatic carbocycles. The summed E-state index contributed by atoms with van der Waals surface area (Å²) in [5.41, 5.74) is 2.79. The molecule has 2 aromatic heterocycles. The number of thiophene rings is 1. The van der Waals surface area contributed by atoms with Crippen LogP contribution in [0.1, 0.15) is 5.56 Å². The molecule has 3 aromatic rings. The van der Waals surface area contributed by atoms with Gasteiger partial charge in [-0.25, -0.2) is 4.98 Å². The molecule has 0 bridgehead atoms. The Balaban J connectivity index is 2.06. The molecule has 0 saturated carbocycles. The summed E-state index contributed by atoms with van der Waals surface area (Å²) in [5.74, 6) is -0.884. The van der Waals surface area contributed by atoms with Crippen molar-refractivity contribution in [2.24, 2.45) is 0 Å². The molecule has 0 unspecified atom stereocenters. The SMILES string of the molecule is O=C(O)CSc1nc2c(Cl)cccc2n1Cc1ccsc1. The fourth-order valence-corrected chi connectivity index (χ4v) is 3.64. The van der Waals surface area contributed by atoms with Crippen LogP contribution in [0.3, 0.4) is 0 Å². The third-order valence-corrected chi connectivity index (χ3v) is 4.94. The number of hydrogen-bond acceptors (Lipinski definition) is 4. The molecule has 0 amide bonds. The number of benzene rings is 1. The largest absolute Gasteiger partial charge is 0.481 e. The summed E-state index contributed by atoms with van der Waals surface area (Å²) in [6.07, 6.45) is 0. The van der Waals surface area contributed by atoms with E-state index in [-0.39, 0.29) is 5.75 Å². The molecule has 108 valence electrons. The van der Waals surface area contributed by atoms with Crippen molar-refractivity contribution in [1.82, 2.24) is 9.55 Å². The molecule has 0 aliphatic rings. The summed E-state index contributed by atoms with van der Waals surface area (Å²) in [4.78, 5) is 15.3. The normalized spacial score (nSPS) is 11.1. The minimum atomic E-state index is -0.861. The Morgan fingerprint density at radius 1 is 1.43 bits per heavy atom. The third kappa shape index (κ3) is 3.07. The van der Waals surface area contributed by atoms with Gasteiger partial charge in [-0.05, 0) is 34.5 Å². The van der Waals surface area contributed by atoms with Crippen molar-refractivity contribution >= 4 is 51.7 Å². The average Bonchev–Trinajstić information content (AvgIpc) is 3.07. The van der Waals surface area contributed by atoms with Crippen LogP contribution in [0.4, 0.5) is 0 Å². The van der Waals surface area contributed by atoms with E-state index in [1.54, 1.807) is 17.4 Å². The van der Waals surface area contributed by atoms with Crippen LogP contribution in [0, 0.1) is 0 Å². The van der Waals surface area contributed by atoms with E-state index < -0.39 is 5.97 Å². The number of para-hydroxylation sites is 1. The highest BCUT2D eigenvalue weighted by atomic mass is 35.5. The van der Waals surface area contributed by atoms with E-state index in [0.29, 0.717) is 22.2 Å². The standard InChI is InChI=1S/C14H11ClN2O2S2/c15-10-2-1-3-11-13(10)16-14(21-8-12(18)19)17(11)6-9-4-5-20-7-9/h1-5,7H,6,8H2,(H,18,19). The van der Waals surface area contributed by atoms with E-state index in [1.165, 1.54) is 11.8 Å². The highest BCUT2D eigenvalue weighted by Crippen LogP contribution is 2.29. The second-order valence-corrected chi connectivity index (χ2v) is 6.53. The first kappa shape index (κ1) is 14.4. The van der Waals surface area contributed by atoms with Crippen molar-refractivity contribution < 1.29 is 9.90 Å². The Kier molecular flexibility index (Phi) is 4.19. The number of carboxylic acids is 1. The predicted octanol–water partition coefficient (Wildman–Crippen LogP) is 3.98. The first-order valence-electron chi connectivity index (χ1n) is 6.15. The fraction of sp³-hybridized carbons (Fsp3) is 0.143. The van der Waals surface area contributed by atoms with Crippen molar-refractivity contribution in [3.05, 3.63) is 45.6 Å². The van der Waals surface area contributed by atoms with Gasteiger partial charge in [0.15, 0.2) is 5.16 Å². The van der Waals surface area contributed by atoms with Gasteiger partial charge >= 0.3 is 5.97 Å². The molecule has 1 aromatic carbocycles. The zero-order valence-electron chi connectivity index (χ0n) is 10.8. The number of imidazole rings is 1. The summed E-state index contributed by atoms with van der Waals surface area (Å²) in [6, 6.07) is 7.66. The molecule has 4 nitrogen and oxygen atoms in total. The number of aromatic nitrogens is 2. The summed E-state index contributed by atoms with van der Waals surface area (Å²) < 4.78 is 2.01. The Morgan fingerprint density at radius 2 is 2.29 bits per heavy atom. The van der Waals surface area contributed by atoms with Gasteiger partial charge in [-0.3, -0.25) is 4.79 Å². The number of carbonyl (C=O) groups is 1. The van der Waals surface area contributed by atoms with Gasteiger partial charge in [-0.2, -0.15) is 11.3 Å². The molecule has 0 radical (unpaired) electrons. The summed E-state index contributed by atoms with van der Waals surface area (Å²) >= 11 is 9.03. The van der Waals surface area contributed by atoms with Crippen molar-refractivity contribution in [3.63, 3.8) is 0 Å². The lowest BCUT2D eigenvalue weighted by atomic mass is 10.3. The minimum absolute atomic E-state index is 0.0232. The fourth-order valence-electron chi connectivity index (χ4n) is 2.05. The van der Waals surface area contributed by atoms with Gasteiger partial charge in [0.2, 0.25) is 0 Å². The molecule has 0 atom stereocenters. The first-order valence-corrected chi connectivity index (χ1v) is 8.46. The van der Waals surface area contributed by atoms with Crippen molar-refractivity contribution in [3.8, 4) is 0 Å². The van der Waals surface area contributed by atoms with Gasteiger partial charge in [0.25, 0.3) is 0 Å². The van der Waals surface area contributed by atoms with E-state index in [0.717, 1.165) is 11.1 Å². The van der Waals surface area contributed by atoms with Crippen LogP contribution >= 0.6 is 34.7 Å². The maximum atomic E-state index is 10.8. The number of hydrogen-bond donors (Lipinski definition) is 1. The Labute approximate surface area is 134 Å². The maximum absolute atomic E-state index is 10.8. The molecule has 21 heavy (non-hydrogen) atoms. The number of rotatable bonds is 5. The van der Waals surface area contributed by atoms with E-state index in [4.69, 9.17) is 16.7 Å². The minimum Gasteiger partial charge on any atom is -0.481 e. The number of halogens is 1. The predicted molar refractivity (Wildman–Crippen MR) is 86.5 cm³/mol. The number of carboxylic acid groups (broad SMARTS) is 1. The van der Waals surface area contributed by atoms with Crippen molar-refractivity contribution in [1.29, 1.82) is 0 Å². The van der Waals surface area contributed by atoms with Gasteiger partial charge < -0.3 is 9.67 Å². The molecular weight excluding hydrogens is 328 g/mol. The van der Waals surface area contributed by atoms with E-state index in [9.17, 15) is 4.79 Å². The number of thioether (sulfide) groups is 1. The molecule has 2 heterocycles. The topological polar surface area (TPSA) is 55.1 Å². The number of fused-ring (bicyclic) bond motifs is 1. The quantitative estimate of drug-likeness (QED) is 0.715. The Bertz CT molecular complexity index is 784. The van der Waals surface area contributed by atoms with Crippen LogP contribution < -0.4 is 0 Å². The summed E-state index contributed by atoms with van der Waals surface area (Å²) in [7, 11) is 0. The Morgan fingerprint density at radius 3 is 3.00 bits per heavy atom. The van der Waals surface area contributed by atoms with Gasteiger partial charge in [-0.15, -0.1) is 0 Å². The van der Waals surface area contributed by atoms with E-state index in [2.05, 4.69) is 10.4 Å². The zero-order chi connectivity index (χ0) is 14.8. The van der Waals surface area contributed by atoms with E-state index in [1.807, 2.05) is 28.1 Å². The first-order chi connectivity index (χ1) is 10.1. The van der Waals surface area contributed by atoms with Gasteiger partial charge in [0, 0.05) is 0 Å². The van der Waals surface area contributed by atoms with Crippen LogP contribution in [-0.4, -0.2) is 26.4 Å². The van der Waals surface area contributed by atoms with Gasteiger partial charge in [-0.1, -0.05) is 29.4 Å². The van der Waals surface area contributed by atoms with E-state index >= 15 is 0 Å².